The molecule has 1 unspecified atom stereocenters. The molecular formula is C15H19ClF3N. The lowest BCUT2D eigenvalue weighted by Crippen LogP contribution is -2.35. The van der Waals surface area contributed by atoms with Gasteiger partial charge in [0.1, 0.15) is 0 Å². The molecule has 0 saturated carbocycles. The lowest BCUT2D eigenvalue weighted by Gasteiger charge is -2.32. The highest BCUT2D eigenvalue weighted by Crippen LogP contribution is 2.30. The summed E-state index contributed by atoms with van der Waals surface area (Å²) in [6.07, 6.45) is -1.01. The Hall–Kier alpha value is -0.740. The molecule has 1 heterocycles. The van der Waals surface area contributed by atoms with Gasteiger partial charge < -0.3 is 0 Å². The lowest BCUT2D eigenvalue weighted by molar-refractivity contribution is -0.137. The molecular weight excluding hydrogens is 287 g/mol. The second-order valence-corrected chi connectivity index (χ2v) is 5.80. The summed E-state index contributed by atoms with van der Waals surface area (Å²) < 4.78 is 38.0. The van der Waals surface area contributed by atoms with Crippen LogP contribution in [0.5, 0.6) is 0 Å². The highest BCUT2D eigenvalue weighted by Gasteiger charge is 2.30. The highest BCUT2D eigenvalue weighted by molar-refractivity contribution is 6.17. The monoisotopic (exact) mass is 305 g/mol. The van der Waals surface area contributed by atoms with E-state index in [4.69, 9.17) is 11.6 Å². The largest absolute Gasteiger partial charge is 0.416 e. The maximum atomic E-state index is 12.7. The van der Waals surface area contributed by atoms with Gasteiger partial charge in [0.05, 0.1) is 5.56 Å². The molecule has 1 nitrogen and oxygen atoms in total. The minimum atomic E-state index is -4.26. The zero-order valence-electron chi connectivity index (χ0n) is 11.3. The number of rotatable bonds is 4. The first kappa shape index (κ1) is 15.6. The van der Waals surface area contributed by atoms with E-state index in [1.807, 2.05) is 0 Å². The van der Waals surface area contributed by atoms with Crippen LogP contribution in [0, 0.1) is 5.92 Å². The fraction of sp³-hybridized carbons (Fsp3) is 0.600. The first-order valence-corrected chi connectivity index (χ1v) is 7.47. The number of alkyl halides is 4. The van der Waals surface area contributed by atoms with Crippen LogP contribution in [0.2, 0.25) is 0 Å². The molecule has 20 heavy (non-hydrogen) atoms. The van der Waals surface area contributed by atoms with E-state index >= 15 is 0 Å². The van der Waals surface area contributed by atoms with Gasteiger partial charge in [-0.25, -0.2) is 0 Å². The summed E-state index contributed by atoms with van der Waals surface area (Å²) in [5, 5.41) is 0. The van der Waals surface area contributed by atoms with Crippen LogP contribution in [-0.4, -0.2) is 23.9 Å². The maximum Gasteiger partial charge on any atom is 0.416 e. The van der Waals surface area contributed by atoms with E-state index in [0.717, 1.165) is 37.6 Å². The first-order chi connectivity index (χ1) is 9.49. The van der Waals surface area contributed by atoms with E-state index < -0.39 is 11.7 Å². The Morgan fingerprint density at radius 2 is 2.10 bits per heavy atom. The summed E-state index contributed by atoms with van der Waals surface area (Å²) in [6.45, 7) is 2.47. The van der Waals surface area contributed by atoms with Crippen LogP contribution in [0.15, 0.2) is 24.3 Å². The Kier molecular flexibility index (Phi) is 5.33. The molecule has 1 atom stereocenters. The molecule has 0 aromatic heterocycles. The Bertz CT molecular complexity index is 431. The van der Waals surface area contributed by atoms with Gasteiger partial charge in [0.25, 0.3) is 0 Å². The van der Waals surface area contributed by atoms with Crippen LogP contribution in [0.3, 0.4) is 0 Å². The lowest BCUT2D eigenvalue weighted by atomic mass is 9.95. The summed E-state index contributed by atoms with van der Waals surface area (Å²) in [5.41, 5.74) is 0.163. The molecule has 0 aliphatic carbocycles. The van der Waals surface area contributed by atoms with Crippen LogP contribution in [-0.2, 0) is 12.7 Å². The SMILES string of the molecule is FC(F)(F)c1cccc(CN2CCCC(CCCl)C2)c1. The van der Waals surface area contributed by atoms with Crippen molar-refractivity contribution in [3.05, 3.63) is 35.4 Å². The van der Waals surface area contributed by atoms with Gasteiger partial charge in [0.2, 0.25) is 0 Å². The maximum absolute atomic E-state index is 12.7. The number of nitrogens with zero attached hydrogens (tertiary/aromatic N) is 1. The molecule has 1 aliphatic heterocycles. The van der Waals surface area contributed by atoms with Crippen molar-refractivity contribution >= 4 is 11.6 Å². The first-order valence-electron chi connectivity index (χ1n) is 6.93. The minimum Gasteiger partial charge on any atom is -0.299 e. The third kappa shape index (κ3) is 4.38. The third-order valence-electron chi connectivity index (χ3n) is 3.78. The van der Waals surface area contributed by atoms with E-state index in [-0.39, 0.29) is 0 Å². The van der Waals surface area contributed by atoms with E-state index in [0.29, 0.717) is 18.3 Å². The summed E-state index contributed by atoms with van der Waals surface area (Å²) in [7, 11) is 0. The molecule has 1 aromatic rings. The number of likely N-dealkylation sites (tertiary alicyclic amines) is 1. The van der Waals surface area contributed by atoms with E-state index in [1.54, 1.807) is 6.07 Å². The molecule has 1 aromatic carbocycles. The molecule has 112 valence electrons. The average molecular weight is 306 g/mol. The number of benzene rings is 1. The van der Waals surface area contributed by atoms with Crippen LogP contribution < -0.4 is 0 Å². The van der Waals surface area contributed by atoms with Crippen molar-refractivity contribution < 1.29 is 13.2 Å². The van der Waals surface area contributed by atoms with Crippen molar-refractivity contribution in [3.8, 4) is 0 Å². The molecule has 5 heteroatoms. The number of hydrogen-bond acceptors (Lipinski definition) is 1. The summed E-state index contributed by atoms with van der Waals surface area (Å²) in [6, 6.07) is 5.62. The quantitative estimate of drug-likeness (QED) is 0.738. The molecule has 0 spiro atoms. The Balaban J connectivity index is 1.99. The average Bonchev–Trinajstić information content (AvgIpc) is 2.39. The smallest absolute Gasteiger partial charge is 0.299 e. The van der Waals surface area contributed by atoms with Crippen molar-refractivity contribution in [2.24, 2.45) is 5.92 Å². The molecule has 0 radical (unpaired) electrons. The van der Waals surface area contributed by atoms with Crippen molar-refractivity contribution in [2.75, 3.05) is 19.0 Å². The number of halogens is 4. The third-order valence-corrected chi connectivity index (χ3v) is 4.00. The van der Waals surface area contributed by atoms with E-state index in [1.165, 1.54) is 18.6 Å². The minimum absolute atomic E-state index is 0.565. The van der Waals surface area contributed by atoms with Crippen LogP contribution in [0.1, 0.15) is 30.4 Å². The van der Waals surface area contributed by atoms with E-state index in [9.17, 15) is 13.2 Å². The van der Waals surface area contributed by atoms with Gasteiger partial charge in [0, 0.05) is 19.0 Å². The normalized spacial score (nSPS) is 21.1. The Morgan fingerprint density at radius 1 is 1.30 bits per heavy atom. The fourth-order valence-electron chi connectivity index (χ4n) is 2.79. The van der Waals surface area contributed by atoms with Crippen molar-refractivity contribution in [1.29, 1.82) is 0 Å². The van der Waals surface area contributed by atoms with Gasteiger partial charge in [-0.3, -0.25) is 4.90 Å². The molecule has 2 rings (SSSR count). The molecule has 0 bridgehead atoms. The van der Waals surface area contributed by atoms with E-state index in [2.05, 4.69) is 4.90 Å². The molecule has 1 saturated heterocycles. The van der Waals surface area contributed by atoms with Crippen molar-refractivity contribution in [2.45, 2.75) is 32.0 Å². The summed E-state index contributed by atoms with van der Waals surface area (Å²) >= 11 is 5.77. The summed E-state index contributed by atoms with van der Waals surface area (Å²) in [5.74, 6) is 1.23. The second-order valence-electron chi connectivity index (χ2n) is 5.42. The van der Waals surface area contributed by atoms with Crippen LogP contribution >= 0.6 is 11.6 Å². The standard InChI is InChI=1S/C15H19ClF3N/c16-7-6-12-4-2-8-20(10-12)11-13-3-1-5-14(9-13)15(17,18)19/h1,3,5,9,12H,2,4,6-8,10-11H2. The van der Waals surface area contributed by atoms with Gasteiger partial charge in [-0.1, -0.05) is 18.2 Å². The number of hydrogen-bond donors (Lipinski definition) is 0. The van der Waals surface area contributed by atoms with Crippen LogP contribution in [0.4, 0.5) is 13.2 Å². The molecule has 0 N–H and O–H groups in total. The Labute approximate surface area is 122 Å². The van der Waals surface area contributed by atoms with Crippen molar-refractivity contribution in [3.63, 3.8) is 0 Å². The Morgan fingerprint density at radius 3 is 2.80 bits per heavy atom. The highest BCUT2D eigenvalue weighted by atomic mass is 35.5. The predicted molar refractivity (Wildman–Crippen MR) is 74.8 cm³/mol. The van der Waals surface area contributed by atoms with Gasteiger partial charge >= 0.3 is 6.18 Å². The van der Waals surface area contributed by atoms with Gasteiger partial charge in [0.15, 0.2) is 0 Å². The second kappa shape index (κ2) is 6.81. The van der Waals surface area contributed by atoms with Gasteiger partial charge in [-0.05, 0) is 43.4 Å². The predicted octanol–water partition coefficient (Wildman–Crippen LogP) is 4.55. The topological polar surface area (TPSA) is 3.24 Å². The fourth-order valence-corrected chi connectivity index (χ4v) is 3.10. The molecule has 1 aliphatic rings. The zero-order valence-corrected chi connectivity index (χ0v) is 12.1. The van der Waals surface area contributed by atoms with Gasteiger partial charge in [-0.2, -0.15) is 13.2 Å². The van der Waals surface area contributed by atoms with Crippen LogP contribution in [0.25, 0.3) is 0 Å². The number of piperidine rings is 1. The zero-order chi connectivity index (χ0) is 14.6. The molecule has 1 fully saturated rings. The summed E-state index contributed by atoms with van der Waals surface area (Å²) in [4.78, 5) is 2.23. The van der Waals surface area contributed by atoms with Crippen molar-refractivity contribution in [1.82, 2.24) is 4.90 Å². The molecule has 0 amide bonds. The van der Waals surface area contributed by atoms with Gasteiger partial charge in [-0.15, -0.1) is 11.6 Å².